The molecule has 1 aliphatic rings. The van der Waals surface area contributed by atoms with Gasteiger partial charge in [0.25, 0.3) is 6.29 Å². The van der Waals surface area contributed by atoms with Crippen LogP contribution in [-0.2, 0) is 22.4 Å². The largest absolute Gasteiger partial charge is 0.508 e. The number of phenolic OH excluding ortho intramolecular Hbond substituents is 2. The van der Waals surface area contributed by atoms with Crippen molar-refractivity contribution in [3.8, 4) is 28.6 Å². The molecule has 0 aliphatic carbocycles. The number of carbonyl (C=O) groups excluding carboxylic acids is 1. The van der Waals surface area contributed by atoms with Crippen molar-refractivity contribution in [2.75, 3.05) is 0 Å². The monoisotopic (exact) mass is 606 g/mol. The van der Waals surface area contributed by atoms with E-state index in [0.29, 0.717) is 39.0 Å². The Balaban J connectivity index is 1.33. The SMILES string of the molecule is CC(=O)OC1Oc2ccc(Cc3cc(=O)oc4ccc(O)cc34)cc2-c2oc(=O)c(Cc3cc(=O)oc4cccc(O)c34)cc21. The summed E-state index contributed by atoms with van der Waals surface area (Å²) in [6.07, 6.45) is -1.08. The molecule has 0 saturated heterocycles. The first kappa shape index (κ1) is 27.7. The average molecular weight is 607 g/mol. The summed E-state index contributed by atoms with van der Waals surface area (Å²) in [4.78, 5) is 49.9. The summed E-state index contributed by atoms with van der Waals surface area (Å²) in [7, 11) is 0. The Bertz CT molecular complexity index is 2360. The zero-order valence-electron chi connectivity index (χ0n) is 23.5. The molecule has 7 rings (SSSR count). The van der Waals surface area contributed by atoms with Crippen molar-refractivity contribution in [1.82, 2.24) is 0 Å². The molecule has 0 fully saturated rings. The molecule has 1 unspecified atom stereocenters. The summed E-state index contributed by atoms with van der Waals surface area (Å²) in [5.74, 6) is -0.337. The third-order valence-electron chi connectivity index (χ3n) is 7.51. The van der Waals surface area contributed by atoms with Gasteiger partial charge >= 0.3 is 22.8 Å². The third-order valence-corrected chi connectivity index (χ3v) is 7.51. The van der Waals surface area contributed by atoms with Crippen LogP contribution < -0.4 is 21.6 Å². The number of hydrogen-bond donors (Lipinski definition) is 2. The number of aromatic hydroxyl groups is 2. The molecule has 0 bridgehead atoms. The molecule has 11 heteroatoms. The molecule has 0 spiro atoms. The average Bonchev–Trinajstić information content (AvgIpc) is 2.98. The molecule has 45 heavy (non-hydrogen) atoms. The maximum atomic E-state index is 13.4. The fourth-order valence-corrected chi connectivity index (χ4v) is 5.63. The number of esters is 1. The van der Waals surface area contributed by atoms with Crippen LogP contribution in [0.2, 0.25) is 0 Å². The Labute approximate surface area is 252 Å². The third kappa shape index (κ3) is 5.10. The van der Waals surface area contributed by atoms with Crippen molar-refractivity contribution in [2.45, 2.75) is 26.1 Å². The van der Waals surface area contributed by atoms with Crippen molar-refractivity contribution in [1.29, 1.82) is 0 Å². The van der Waals surface area contributed by atoms with Crippen LogP contribution in [0, 0.1) is 0 Å². The second kappa shape index (κ2) is 10.6. The number of fused-ring (bicyclic) bond motifs is 5. The van der Waals surface area contributed by atoms with Gasteiger partial charge in [0, 0.05) is 36.4 Å². The van der Waals surface area contributed by atoms with Crippen molar-refractivity contribution in [3.63, 3.8) is 0 Å². The van der Waals surface area contributed by atoms with Gasteiger partial charge in [0.2, 0.25) is 0 Å². The Kier molecular flexibility index (Phi) is 6.51. The predicted molar refractivity (Wildman–Crippen MR) is 159 cm³/mol. The molecule has 0 radical (unpaired) electrons. The smallest absolute Gasteiger partial charge is 0.339 e. The van der Waals surface area contributed by atoms with E-state index in [2.05, 4.69) is 0 Å². The highest BCUT2D eigenvalue weighted by Crippen LogP contribution is 2.43. The quantitative estimate of drug-likeness (QED) is 0.199. The van der Waals surface area contributed by atoms with Crippen LogP contribution in [0.3, 0.4) is 0 Å². The summed E-state index contributed by atoms with van der Waals surface area (Å²) >= 11 is 0. The topological polar surface area (TPSA) is 167 Å². The lowest BCUT2D eigenvalue weighted by Crippen LogP contribution is -2.22. The van der Waals surface area contributed by atoms with Gasteiger partial charge in [-0.15, -0.1) is 0 Å². The lowest BCUT2D eigenvalue weighted by Gasteiger charge is -2.27. The van der Waals surface area contributed by atoms with Crippen LogP contribution in [-0.4, -0.2) is 16.2 Å². The molecular weight excluding hydrogens is 584 g/mol. The fraction of sp³-hybridized carbons (Fsp3) is 0.118. The van der Waals surface area contributed by atoms with E-state index in [1.54, 1.807) is 18.2 Å². The Hall–Kier alpha value is -6.10. The van der Waals surface area contributed by atoms with Gasteiger partial charge in [0.15, 0.2) is 5.76 Å². The van der Waals surface area contributed by atoms with E-state index in [9.17, 15) is 29.4 Å². The minimum absolute atomic E-state index is 0.0130. The summed E-state index contributed by atoms with van der Waals surface area (Å²) in [5, 5.41) is 21.3. The van der Waals surface area contributed by atoms with E-state index in [-0.39, 0.29) is 52.2 Å². The summed E-state index contributed by atoms with van der Waals surface area (Å²) in [6, 6.07) is 18.1. The second-order valence-corrected chi connectivity index (χ2v) is 10.6. The molecule has 11 nitrogen and oxygen atoms in total. The van der Waals surface area contributed by atoms with Gasteiger partial charge in [-0.05, 0) is 71.6 Å². The number of carbonyl (C=O) groups is 1. The number of phenols is 2. The summed E-state index contributed by atoms with van der Waals surface area (Å²) in [6.45, 7) is 1.22. The summed E-state index contributed by atoms with van der Waals surface area (Å²) in [5.41, 5.74) is 0.996. The van der Waals surface area contributed by atoms with Gasteiger partial charge in [0.1, 0.15) is 28.4 Å². The normalized spacial score (nSPS) is 13.7. The van der Waals surface area contributed by atoms with E-state index in [1.807, 2.05) is 0 Å². The van der Waals surface area contributed by atoms with E-state index in [1.165, 1.54) is 61.5 Å². The second-order valence-electron chi connectivity index (χ2n) is 10.6. The Morgan fingerprint density at radius 2 is 1.58 bits per heavy atom. The minimum Gasteiger partial charge on any atom is -0.508 e. The lowest BCUT2D eigenvalue weighted by atomic mass is 9.95. The molecule has 4 heterocycles. The van der Waals surface area contributed by atoms with Crippen molar-refractivity contribution < 1.29 is 37.7 Å². The van der Waals surface area contributed by atoms with E-state index in [0.717, 1.165) is 0 Å². The van der Waals surface area contributed by atoms with Crippen LogP contribution in [0.1, 0.15) is 41.0 Å². The Morgan fingerprint density at radius 1 is 0.800 bits per heavy atom. The van der Waals surface area contributed by atoms with E-state index < -0.39 is 29.1 Å². The molecule has 3 aromatic heterocycles. The minimum atomic E-state index is -1.24. The van der Waals surface area contributed by atoms with Crippen LogP contribution in [0.4, 0.5) is 0 Å². The molecule has 1 aliphatic heterocycles. The van der Waals surface area contributed by atoms with Crippen molar-refractivity contribution >= 4 is 27.9 Å². The number of hydrogen-bond acceptors (Lipinski definition) is 11. The Morgan fingerprint density at radius 3 is 2.38 bits per heavy atom. The molecule has 6 aromatic rings. The maximum absolute atomic E-state index is 13.4. The molecule has 2 N–H and O–H groups in total. The molecule has 224 valence electrons. The van der Waals surface area contributed by atoms with Gasteiger partial charge in [-0.25, -0.2) is 14.4 Å². The van der Waals surface area contributed by atoms with Crippen molar-refractivity contribution in [3.05, 3.63) is 132 Å². The molecule has 0 saturated carbocycles. The standard InChI is InChI=1S/C34H22O11/c1-16(35)41-34-24-12-20(11-19-14-30(39)43-28-4-2-3-25(37)31(19)28)33(40)45-32(24)23-10-17(5-7-27(23)44-34)9-18-13-29(38)42-26-8-6-21(36)15-22(18)26/h2-8,10,12-15,34,36-37H,9,11H2,1H3. The fourth-order valence-electron chi connectivity index (χ4n) is 5.63. The molecular formula is C34H22O11. The van der Waals surface area contributed by atoms with Gasteiger partial charge in [-0.1, -0.05) is 12.1 Å². The van der Waals surface area contributed by atoms with E-state index in [4.69, 9.17) is 22.7 Å². The van der Waals surface area contributed by atoms with Crippen LogP contribution in [0.5, 0.6) is 17.2 Å². The molecule has 3 aromatic carbocycles. The zero-order chi connectivity index (χ0) is 31.4. The van der Waals surface area contributed by atoms with Gasteiger partial charge < -0.3 is 32.9 Å². The maximum Gasteiger partial charge on any atom is 0.339 e. The first-order valence-corrected chi connectivity index (χ1v) is 13.8. The number of benzene rings is 3. The highest BCUT2D eigenvalue weighted by Gasteiger charge is 2.32. The highest BCUT2D eigenvalue weighted by atomic mass is 16.7. The van der Waals surface area contributed by atoms with Gasteiger partial charge in [-0.3, -0.25) is 4.79 Å². The van der Waals surface area contributed by atoms with Gasteiger partial charge in [0.05, 0.1) is 16.5 Å². The molecule has 0 amide bonds. The highest BCUT2D eigenvalue weighted by molar-refractivity contribution is 5.87. The van der Waals surface area contributed by atoms with Gasteiger partial charge in [-0.2, -0.15) is 0 Å². The number of rotatable bonds is 5. The first-order chi connectivity index (χ1) is 21.6. The predicted octanol–water partition coefficient (Wildman–Crippen LogP) is 5.07. The van der Waals surface area contributed by atoms with Crippen LogP contribution >= 0.6 is 0 Å². The van der Waals surface area contributed by atoms with E-state index >= 15 is 0 Å². The molecule has 1 atom stereocenters. The first-order valence-electron chi connectivity index (χ1n) is 13.8. The summed E-state index contributed by atoms with van der Waals surface area (Å²) < 4.78 is 27.8. The van der Waals surface area contributed by atoms with Crippen molar-refractivity contribution in [2.24, 2.45) is 0 Å². The zero-order valence-corrected chi connectivity index (χ0v) is 23.5. The lowest BCUT2D eigenvalue weighted by molar-refractivity contribution is -0.162. The van der Waals surface area contributed by atoms with Crippen LogP contribution in [0.25, 0.3) is 33.3 Å². The number of ether oxygens (including phenoxy) is 2. The van der Waals surface area contributed by atoms with Crippen LogP contribution in [0.15, 0.2) is 100 Å².